The Morgan fingerprint density at radius 2 is 1.93 bits per heavy atom. The number of rotatable bonds is 3. The zero-order valence-electron chi connectivity index (χ0n) is 7.11. The smallest absolute Gasteiger partial charge is 0.364 e. The van der Waals surface area contributed by atoms with Crippen molar-refractivity contribution in [2.45, 2.75) is 5.92 Å². The number of thiol groups is 1. The maximum Gasteiger partial charge on any atom is 0.364 e. The number of carbonyl (C=O) groups is 1. The van der Waals surface area contributed by atoms with E-state index >= 15 is 0 Å². The molecule has 76 valence electrons. The zero-order chi connectivity index (χ0) is 10.6. The number of hydrogen-bond acceptors (Lipinski definition) is 2. The molecule has 0 aromatic heterocycles. The fraction of sp³-hybridized carbons (Fsp3) is 0.222. The highest BCUT2D eigenvalue weighted by Crippen LogP contribution is 2.27. The fourth-order valence-electron chi connectivity index (χ4n) is 0.918. The molecule has 0 aliphatic carbocycles. The second-order valence-electron chi connectivity index (χ2n) is 2.63. The first kappa shape index (κ1) is 11.0. The molecule has 0 N–H and O–H groups in total. The predicted octanol–water partition coefficient (Wildman–Crippen LogP) is 2.84. The van der Waals surface area contributed by atoms with Gasteiger partial charge in [0.25, 0.3) is 0 Å². The van der Waals surface area contributed by atoms with Crippen molar-refractivity contribution in [1.29, 1.82) is 0 Å². The molecule has 0 radical (unpaired) electrons. The zero-order valence-corrected chi connectivity index (χ0v) is 8.01. The van der Waals surface area contributed by atoms with Gasteiger partial charge in [-0.05, 0) is 0 Å². The van der Waals surface area contributed by atoms with Crippen LogP contribution in [0.4, 0.5) is 13.6 Å². The van der Waals surface area contributed by atoms with Gasteiger partial charge >= 0.3 is 11.2 Å². The van der Waals surface area contributed by atoms with E-state index in [0.29, 0.717) is 0 Å². The summed E-state index contributed by atoms with van der Waals surface area (Å²) in [6, 6.07) is 7.15. The van der Waals surface area contributed by atoms with E-state index in [2.05, 4.69) is 17.4 Å². The van der Waals surface area contributed by atoms with Gasteiger partial charge in [0.1, 0.15) is 0 Å². The third-order valence-corrected chi connectivity index (χ3v) is 1.70. The van der Waals surface area contributed by atoms with E-state index < -0.39 is 17.8 Å². The van der Waals surface area contributed by atoms with Crippen LogP contribution in [0.15, 0.2) is 30.3 Å². The van der Waals surface area contributed by atoms with Crippen LogP contribution < -0.4 is 0 Å². The van der Waals surface area contributed by atoms with Gasteiger partial charge in [-0.1, -0.05) is 43.0 Å². The Balaban J connectivity index is 2.70. The molecular formula is C9H8F2O2S. The molecule has 5 heteroatoms. The van der Waals surface area contributed by atoms with Crippen molar-refractivity contribution >= 4 is 17.9 Å². The largest absolute Gasteiger partial charge is 0.451 e. The van der Waals surface area contributed by atoms with E-state index in [1.807, 2.05) is 0 Å². The number of ether oxygens (including phenoxy) is 1. The number of hydrogen-bond donors (Lipinski definition) is 1. The van der Waals surface area contributed by atoms with Gasteiger partial charge in [-0.25, -0.2) is 4.79 Å². The van der Waals surface area contributed by atoms with Crippen molar-refractivity contribution in [2.24, 2.45) is 0 Å². The van der Waals surface area contributed by atoms with Gasteiger partial charge in [-0.2, -0.15) is 8.78 Å². The van der Waals surface area contributed by atoms with E-state index in [0.717, 1.165) is 0 Å². The van der Waals surface area contributed by atoms with Gasteiger partial charge in [0.2, 0.25) is 0 Å². The molecule has 0 atom stereocenters. The molecule has 0 aliphatic rings. The average Bonchev–Trinajstić information content (AvgIpc) is 2.16. The average molecular weight is 218 g/mol. The monoisotopic (exact) mass is 218 g/mol. The van der Waals surface area contributed by atoms with Gasteiger partial charge in [-0.15, -0.1) is 0 Å². The third kappa shape index (κ3) is 2.99. The van der Waals surface area contributed by atoms with Crippen LogP contribution in [0.2, 0.25) is 0 Å². The summed E-state index contributed by atoms with van der Waals surface area (Å²) in [5.74, 6) is -3.17. The Morgan fingerprint density at radius 1 is 1.36 bits per heavy atom. The molecule has 0 aliphatic heterocycles. The molecule has 0 heterocycles. The summed E-state index contributed by atoms with van der Waals surface area (Å²) in [5, 5.41) is -1.01. The minimum absolute atomic E-state index is 0.186. The summed E-state index contributed by atoms with van der Waals surface area (Å²) in [7, 11) is 0. The summed E-state index contributed by atoms with van der Waals surface area (Å²) < 4.78 is 30.5. The SMILES string of the molecule is O=C(S)OCC(F)(F)c1ccccc1. The Hall–Kier alpha value is -1.10. The van der Waals surface area contributed by atoms with E-state index in [-0.39, 0.29) is 5.56 Å². The summed E-state index contributed by atoms with van der Waals surface area (Å²) in [6.45, 7) is -0.987. The highest BCUT2D eigenvalue weighted by Gasteiger charge is 2.32. The van der Waals surface area contributed by atoms with E-state index in [9.17, 15) is 13.6 Å². The van der Waals surface area contributed by atoms with E-state index in [1.165, 1.54) is 24.3 Å². The van der Waals surface area contributed by atoms with Crippen LogP contribution in [0.5, 0.6) is 0 Å². The van der Waals surface area contributed by atoms with Gasteiger partial charge < -0.3 is 4.74 Å². The normalized spacial score (nSPS) is 11.1. The van der Waals surface area contributed by atoms with Gasteiger partial charge in [0, 0.05) is 5.56 Å². The summed E-state index contributed by atoms with van der Waals surface area (Å²) in [6.07, 6.45) is 0. The van der Waals surface area contributed by atoms with Gasteiger partial charge in [-0.3, -0.25) is 0 Å². The molecule has 0 spiro atoms. The van der Waals surface area contributed by atoms with Gasteiger partial charge in [0.05, 0.1) is 0 Å². The number of alkyl halides is 2. The number of halogens is 2. The number of benzene rings is 1. The summed E-state index contributed by atoms with van der Waals surface area (Å²) in [5.41, 5.74) is -0.186. The van der Waals surface area contributed by atoms with Crippen LogP contribution in [0.3, 0.4) is 0 Å². The highest BCUT2D eigenvalue weighted by atomic mass is 32.1. The lowest BCUT2D eigenvalue weighted by Crippen LogP contribution is -2.21. The Labute approximate surface area is 85.3 Å². The highest BCUT2D eigenvalue weighted by molar-refractivity contribution is 7.96. The quantitative estimate of drug-likeness (QED) is 0.623. The molecule has 0 fully saturated rings. The molecular weight excluding hydrogens is 210 g/mol. The molecule has 0 unspecified atom stereocenters. The minimum Gasteiger partial charge on any atom is -0.451 e. The molecule has 1 aromatic carbocycles. The van der Waals surface area contributed by atoms with Crippen molar-refractivity contribution < 1.29 is 18.3 Å². The Morgan fingerprint density at radius 3 is 2.43 bits per heavy atom. The maximum absolute atomic E-state index is 13.2. The molecule has 14 heavy (non-hydrogen) atoms. The summed E-state index contributed by atoms with van der Waals surface area (Å²) in [4.78, 5) is 10.2. The molecule has 0 saturated heterocycles. The maximum atomic E-state index is 13.2. The van der Waals surface area contributed by atoms with Crippen molar-refractivity contribution in [3.05, 3.63) is 35.9 Å². The minimum atomic E-state index is -3.17. The molecule has 0 saturated carbocycles. The Kier molecular flexibility index (Phi) is 3.46. The lowest BCUT2D eigenvalue weighted by atomic mass is 10.1. The lowest BCUT2D eigenvalue weighted by molar-refractivity contribution is -0.0558. The standard InChI is InChI=1S/C9H8F2O2S/c10-9(11,6-13-8(12)14)7-4-2-1-3-5-7/h1-5H,6H2,(H,12,14). The van der Waals surface area contributed by atoms with Crippen molar-refractivity contribution in [1.82, 2.24) is 0 Å². The first-order chi connectivity index (χ1) is 6.52. The second kappa shape index (κ2) is 4.41. The van der Waals surface area contributed by atoms with Crippen LogP contribution in [0, 0.1) is 0 Å². The van der Waals surface area contributed by atoms with Crippen molar-refractivity contribution in [3.63, 3.8) is 0 Å². The predicted molar refractivity (Wildman–Crippen MR) is 50.7 cm³/mol. The first-order valence-electron chi connectivity index (χ1n) is 3.81. The molecule has 1 aromatic rings. The van der Waals surface area contributed by atoms with Crippen LogP contribution in [-0.4, -0.2) is 11.9 Å². The first-order valence-corrected chi connectivity index (χ1v) is 4.26. The van der Waals surface area contributed by atoms with Gasteiger partial charge in [0.15, 0.2) is 6.61 Å². The number of carbonyl (C=O) groups excluding carboxylic acids is 1. The molecule has 1 rings (SSSR count). The molecule has 0 amide bonds. The van der Waals surface area contributed by atoms with Crippen molar-refractivity contribution in [3.8, 4) is 0 Å². The van der Waals surface area contributed by atoms with E-state index in [4.69, 9.17) is 0 Å². The molecule has 0 bridgehead atoms. The van der Waals surface area contributed by atoms with Crippen LogP contribution in [0.25, 0.3) is 0 Å². The third-order valence-electron chi connectivity index (χ3n) is 1.57. The van der Waals surface area contributed by atoms with Crippen LogP contribution >= 0.6 is 12.6 Å². The fourth-order valence-corrected chi connectivity index (χ4v) is 0.982. The lowest BCUT2D eigenvalue weighted by Gasteiger charge is -2.15. The van der Waals surface area contributed by atoms with Crippen LogP contribution in [0.1, 0.15) is 5.56 Å². The topological polar surface area (TPSA) is 26.3 Å². The van der Waals surface area contributed by atoms with Crippen molar-refractivity contribution in [2.75, 3.05) is 6.61 Å². The van der Waals surface area contributed by atoms with Crippen LogP contribution in [-0.2, 0) is 10.7 Å². The summed E-state index contributed by atoms with van der Waals surface area (Å²) >= 11 is 3.23. The second-order valence-corrected chi connectivity index (χ2v) is 2.99. The van der Waals surface area contributed by atoms with E-state index in [1.54, 1.807) is 6.07 Å². The Bertz CT molecular complexity index is 314. The molecule has 2 nitrogen and oxygen atoms in total.